The number of hydrogen-bond donors (Lipinski definition) is 4. The van der Waals surface area contributed by atoms with E-state index < -0.39 is 0 Å². The van der Waals surface area contributed by atoms with E-state index in [0.29, 0.717) is 0 Å². The summed E-state index contributed by atoms with van der Waals surface area (Å²) < 4.78 is 0. The number of nitrogens with one attached hydrogen (secondary N) is 4. The zero-order chi connectivity index (χ0) is 5.98. The summed E-state index contributed by atoms with van der Waals surface area (Å²) in [6.07, 6.45) is 1.54. The minimum absolute atomic E-state index is 0. The molecule has 9 heavy (non-hydrogen) atoms. The van der Waals surface area contributed by atoms with Gasteiger partial charge in [-0.3, -0.25) is 10.8 Å². The Morgan fingerprint density at radius 3 is 2.33 bits per heavy atom. The number of H-pyrrole nitrogens is 2. The van der Waals surface area contributed by atoms with Crippen LogP contribution in [0.5, 0.6) is 0 Å². The van der Waals surface area contributed by atoms with Gasteiger partial charge >= 0.3 is 0 Å². The van der Waals surface area contributed by atoms with E-state index in [-0.39, 0.29) is 28.2 Å². The van der Waals surface area contributed by atoms with Gasteiger partial charge in [-0.1, -0.05) is 0 Å². The van der Waals surface area contributed by atoms with E-state index in [4.69, 9.17) is 10.8 Å². The van der Waals surface area contributed by atoms with Crippen LogP contribution in [-0.2, 0) is 17.1 Å². The van der Waals surface area contributed by atoms with E-state index >= 15 is 0 Å². The fourth-order valence-electron chi connectivity index (χ4n) is 0.421. The molecule has 0 atom stereocenters. The predicted molar refractivity (Wildman–Crippen MR) is 26.9 cm³/mol. The second-order valence-electron chi connectivity index (χ2n) is 1.39. The van der Waals surface area contributed by atoms with Crippen LogP contribution in [0.25, 0.3) is 0 Å². The van der Waals surface area contributed by atoms with Crippen molar-refractivity contribution >= 4 is 0 Å². The fraction of sp³-hybridized carbons (Fsp3) is 0. The summed E-state index contributed by atoms with van der Waals surface area (Å²) in [6.45, 7) is 0. The molecule has 50 valence electrons. The van der Waals surface area contributed by atoms with Crippen LogP contribution in [0, 0.1) is 10.8 Å². The maximum Gasteiger partial charge on any atom is 0.198 e. The average Bonchev–Trinajstić information content (AvgIpc) is 1.64. The summed E-state index contributed by atoms with van der Waals surface area (Å²) >= 11 is 0. The van der Waals surface area contributed by atoms with E-state index in [1.54, 1.807) is 6.20 Å². The molecule has 0 amide bonds. The van der Waals surface area contributed by atoms with Gasteiger partial charge in [-0.25, -0.2) is 0 Å². The van der Waals surface area contributed by atoms with Crippen LogP contribution < -0.4 is 11.1 Å². The topological polar surface area (TPSA) is 79.3 Å². The van der Waals surface area contributed by atoms with Crippen molar-refractivity contribution in [2.24, 2.45) is 0 Å². The minimum atomic E-state index is 0. The first-order chi connectivity index (χ1) is 3.79. The molecule has 0 aliphatic carbocycles. The Labute approximate surface area is 61.8 Å². The molecule has 0 aliphatic heterocycles. The normalized spacial score (nSPS) is 8.00. The number of hydrogen-bond acceptors (Lipinski definition) is 2. The molecule has 0 radical (unpaired) electrons. The minimum Gasteiger partial charge on any atom is -0.333 e. The fourth-order valence-corrected chi connectivity index (χ4v) is 0.421. The van der Waals surface area contributed by atoms with Crippen molar-refractivity contribution in [2.75, 3.05) is 0 Å². The molecule has 1 heterocycles. The van der Waals surface area contributed by atoms with E-state index in [0.717, 1.165) is 0 Å². The molecule has 0 fully saturated rings. The summed E-state index contributed by atoms with van der Waals surface area (Å²) in [5.74, 6) is 0. The van der Waals surface area contributed by atoms with Crippen molar-refractivity contribution in [1.29, 1.82) is 10.8 Å². The number of aromatic nitrogens is 2. The van der Waals surface area contributed by atoms with Crippen LogP contribution in [-0.4, -0.2) is 9.97 Å². The van der Waals surface area contributed by atoms with Gasteiger partial charge in [0.05, 0.1) is 0 Å². The molecule has 5 heteroatoms. The molecule has 4 nitrogen and oxygen atoms in total. The Hall–Kier alpha value is -0.801. The van der Waals surface area contributed by atoms with Crippen molar-refractivity contribution < 1.29 is 17.1 Å². The number of aromatic amines is 2. The molecule has 1 aromatic rings. The van der Waals surface area contributed by atoms with Crippen molar-refractivity contribution in [3.63, 3.8) is 0 Å². The Morgan fingerprint density at radius 1 is 1.33 bits per heavy atom. The maximum absolute atomic E-state index is 6.94. The third-order valence-corrected chi connectivity index (χ3v) is 0.737. The standard InChI is InChI=1S/C4H6N4.Fe/c5-3-1-2-7-4(6)8-3;/h1-2H,(H4,5,6,7,8);. The molecular weight excluding hydrogens is 160 g/mol. The molecule has 1 aromatic heterocycles. The van der Waals surface area contributed by atoms with Crippen molar-refractivity contribution in [1.82, 2.24) is 9.97 Å². The Morgan fingerprint density at radius 2 is 2.00 bits per heavy atom. The Balaban J connectivity index is 0.000000640. The molecule has 0 spiro atoms. The van der Waals surface area contributed by atoms with Gasteiger partial charge in [0.15, 0.2) is 5.62 Å². The first kappa shape index (κ1) is 8.20. The van der Waals surface area contributed by atoms with Gasteiger partial charge in [0.1, 0.15) is 5.49 Å². The quantitative estimate of drug-likeness (QED) is 0.367. The van der Waals surface area contributed by atoms with Gasteiger partial charge < -0.3 is 9.97 Å². The van der Waals surface area contributed by atoms with E-state index in [2.05, 4.69) is 9.97 Å². The van der Waals surface area contributed by atoms with Gasteiger partial charge in [0, 0.05) is 23.3 Å². The zero-order valence-electron chi connectivity index (χ0n) is 4.51. The average molecular weight is 166 g/mol. The summed E-state index contributed by atoms with van der Waals surface area (Å²) in [6, 6.07) is 1.54. The molecule has 0 unspecified atom stereocenters. The van der Waals surface area contributed by atoms with Crippen LogP contribution in [0.2, 0.25) is 0 Å². The van der Waals surface area contributed by atoms with Gasteiger partial charge in [0.2, 0.25) is 0 Å². The zero-order valence-corrected chi connectivity index (χ0v) is 5.61. The smallest absolute Gasteiger partial charge is 0.198 e. The van der Waals surface area contributed by atoms with Crippen LogP contribution in [0.4, 0.5) is 0 Å². The van der Waals surface area contributed by atoms with E-state index in [1.807, 2.05) is 0 Å². The van der Waals surface area contributed by atoms with E-state index in [1.165, 1.54) is 6.07 Å². The van der Waals surface area contributed by atoms with Crippen molar-refractivity contribution in [3.05, 3.63) is 23.4 Å². The first-order valence-electron chi connectivity index (χ1n) is 2.16. The third kappa shape index (κ3) is 2.30. The first-order valence-corrected chi connectivity index (χ1v) is 2.16. The summed E-state index contributed by atoms with van der Waals surface area (Å²) in [4.78, 5) is 5.01. The van der Waals surface area contributed by atoms with Crippen LogP contribution in [0.3, 0.4) is 0 Å². The van der Waals surface area contributed by atoms with Crippen molar-refractivity contribution in [3.8, 4) is 0 Å². The molecule has 1 rings (SSSR count). The molecule has 0 saturated heterocycles. The second kappa shape index (κ2) is 3.27. The third-order valence-electron chi connectivity index (χ3n) is 0.737. The molecule has 0 aliphatic rings. The monoisotopic (exact) mass is 166 g/mol. The summed E-state index contributed by atoms with van der Waals surface area (Å²) in [5.41, 5.74) is 0.395. The van der Waals surface area contributed by atoms with Gasteiger partial charge in [0.25, 0.3) is 0 Å². The van der Waals surface area contributed by atoms with Gasteiger partial charge in [-0.05, 0) is 6.07 Å². The molecule has 0 saturated carbocycles. The second-order valence-corrected chi connectivity index (χ2v) is 1.39. The summed E-state index contributed by atoms with van der Waals surface area (Å²) in [5, 5.41) is 13.8. The molecule has 0 aromatic carbocycles. The molecule has 4 N–H and O–H groups in total. The van der Waals surface area contributed by atoms with Crippen LogP contribution in [0.1, 0.15) is 0 Å². The predicted octanol–water partition coefficient (Wildman–Crippen LogP) is -0.701. The Kier molecular flexibility index (Phi) is 2.98. The Bertz CT molecular complexity index is 247. The molecular formula is C4H6FeN4. The largest absolute Gasteiger partial charge is 0.333 e. The van der Waals surface area contributed by atoms with E-state index in [9.17, 15) is 0 Å². The van der Waals surface area contributed by atoms with Gasteiger partial charge in [-0.2, -0.15) is 0 Å². The van der Waals surface area contributed by atoms with Gasteiger partial charge in [-0.15, -0.1) is 0 Å². The summed E-state index contributed by atoms with van der Waals surface area (Å²) in [7, 11) is 0. The SMILES string of the molecule is N=c1cc[nH]c(=N)[nH]1.[Fe]. The van der Waals surface area contributed by atoms with Crippen LogP contribution >= 0.6 is 0 Å². The van der Waals surface area contributed by atoms with Crippen molar-refractivity contribution in [2.45, 2.75) is 0 Å². The maximum atomic E-state index is 6.94. The molecule has 0 bridgehead atoms. The number of rotatable bonds is 0. The van der Waals surface area contributed by atoms with Crippen LogP contribution in [0.15, 0.2) is 12.3 Å².